The van der Waals surface area contributed by atoms with E-state index in [1.807, 2.05) is 0 Å². The van der Waals surface area contributed by atoms with Gasteiger partial charge in [0.2, 0.25) is 5.91 Å². The molecule has 0 heterocycles. The number of hydrogen-bond acceptors (Lipinski definition) is 2. The summed E-state index contributed by atoms with van der Waals surface area (Å²) in [6, 6.07) is 3.29. The molecule has 2 unspecified atom stereocenters. The number of hydrogen-bond donors (Lipinski definition) is 2. The number of carboxylic acid groups (broad SMARTS) is 1. The molecular formula is C16H17F2NO3. The van der Waals surface area contributed by atoms with Gasteiger partial charge in [0, 0.05) is 18.0 Å². The van der Waals surface area contributed by atoms with Crippen molar-refractivity contribution in [3.05, 3.63) is 35.4 Å². The van der Waals surface area contributed by atoms with Crippen LogP contribution >= 0.6 is 0 Å². The topological polar surface area (TPSA) is 66.4 Å². The van der Waals surface area contributed by atoms with Crippen LogP contribution in [-0.4, -0.2) is 23.0 Å². The molecule has 0 saturated heterocycles. The zero-order valence-electron chi connectivity index (χ0n) is 11.9. The minimum absolute atomic E-state index is 0.118. The largest absolute Gasteiger partial charge is 0.481 e. The van der Waals surface area contributed by atoms with Gasteiger partial charge in [0.1, 0.15) is 11.6 Å². The average Bonchev–Trinajstić information content (AvgIpc) is 3.10. The van der Waals surface area contributed by atoms with Gasteiger partial charge in [-0.3, -0.25) is 9.59 Å². The van der Waals surface area contributed by atoms with E-state index in [9.17, 15) is 18.4 Å². The van der Waals surface area contributed by atoms with Gasteiger partial charge in [-0.2, -0.15) is 0 Å². The van der Waals surface area contributed by atoms with Crippen LogP contribution in [0.25, 0.3) is 0 Å². The third-order valence-electron chi connectivity index (χ3n) is 4.62. The number of rotatable bonds is 4. The Morgan fingerprint density at radius 3 is 2.59 bits per heavy atom. The van der Waals surface area contributed by atoms with E-state index in [2.05, 4.69) is 5.32 Å². The maximum absolute atomic E-state index is 13.7. The highest BCUT2D eigenvalue weighted by molar-refractivity contribution is 5.83. The molecule has 2 N–H and O–H groups in total. The first kappa shape index (κ1) is 14.9. The van der Waals surface area contributed by atoms with Crippen molar-refractivity contribution in [3.63, 3.8) is 0 Å². The van der Waals surface area contributed by atoms with Crippen LogP contribution in [0.1, 0.15) is 37.2 Å². The predicted molar refractivity (Wildman–Crippen MR) is 74.1 cm³/mol. The molecule has 1 aromatic carbocycles. The van der Waals surface area contributed by atoms with Crippen molar-refractivity contribution in [1.29, 1.82) is 0 Å². The molecule has 4 nitrogen and oxygen atoms in total. The normalized spacial score (nSPS) is 30.1. The molecule has 2 aliphatic carbocycles. The van der Waals surface area contributed by atoms with Crippen LogP contribution in [0.5, 0.6) is 0 Å². The molecule has 0 spiro atoms. The lowest BCUT2D eigenvalue weighted by Crippen LogP contribution is -2.34. The second-order valence-corrected chi connectivity index (χ2v) is 6.17. The van der Waals surface area contributed by atoms with E-state index in [0.717, 1.165) is 6.07 Å². The van der Waals surface area contributed by atoms with Gasteiger partial charge in [-0.25, -0.2) is 8.78 Å². The summed E-state index contributed by atoms with van der Waals surface area (Å²) >= 11 is 0. The van der Waals surface area contributed by atoms with Gasteiger partial charge < -0.3 is 10.4 Å². The molecule has 2 aliphatic rings. The van der Waals surface area contributed by atoms with Gasteiger partial charge in [-0.15, -0.1) is 0 Å². The lowest BCUT2D eigenvalue weighted by atomic mass is 10.1. The molecule has 0 aromatic heterocycles. The molecule has 4 atom stereocenters. The highest BCUT2D eigenvalue weighted by Crippen LogP contribution is 2.48. The molecule has 0 aliphatic heterocycles. The van der Waals surface area contributed by atoms with Crippen LogP contribution in [-0.2, 0) is 9.59 Å². The summed E-state index contributed by atoms with van der Waals surface area (Å²) in [6.07, 6.45) is 2.22. The Morgan fingerprint density at radius 2 is 1.95 bits per heavy atom. The van der Waals surface area contributed by atoms with Crippen molar-refractivity contribution >= 4 is 11.9 Å². The molecule has 0 bridgehead atoms. The highest BCUT2D eigenvalue weighted by atomic mass is 19.1. The minimum atomic E-state index is -0.825. The van der Waals surface area contributed by atoms with Crippen molar-refractivity contribution in [2.75, 3.05) is 0 Å². The van der Waals surface area contributed by atoms with Crippen LogP contribution in [0.15, 0.2) is 18.2 Å². The number of benzene rings is 1. The number of halogens is 2. The van der Waals surface area contributed by atoms with Gasteiger partial charge in [0.15, 0.2) is 0 Å². The summed E-state index contributed by atoms with van der Waals surface area (Å²) in [4.78, 5) is 23.0. The molecule has 2 fully saturated rings. The molecule has 2 saturated carbocycles. The van der Waals surface area contributed by atoms with Crippen LogP contribution in [0, 0.1) is 23.5 Å². The third-order valence-corrected chi connectivity index (χ3v) is 4.62. The van der Waals surface area contributed by atoms with Gasteiger partial charge in [0.25, 0.3) is 0 Å². The monoisotopic (exact) mass is 309 g/mol. The second kappa shape index (κ2) is 5.66. The van der Waals surface area contributed by atoms with E-state index < -0.39 is 23.5 Å². The standard InChI is InChI=1S/C16H17F2NO3/c17-9-2-4-11(14(18)6-9)12-7-13(12)15(20)19-10-3-1-8(5-10)16(21)22/h2,4,6,8,10,12-13H,1,3,5,7H2,(H,19,20)(H,21,22)/t8-,10+,12?,13?/m1/s1. The Morgan fingerprint density at radius 1 is 1.18 bits per heavy atom. The summed E-state index contributed by atoms with van der Waals surface area (Å²) in [5.41, 5.74) is 0.372. The fraction of sp³-hybridized carbons (Fsp3) is 0.500. The molecule has 1 amide bonds. The third kappa shape index (κ3) is 2.96. The van der Waals surface area contributed by atoms with Crippen molar-refractivity contribution in [2.45, 2.75) is 37.6 Å². The Balaban J connectivity index is 1.56. The summed E-state index contributed by atoms with van der Waals surface area (Å²) in [6.45, 7) is 0. The predicted octanol–water partition coefficient (Wildman–Crippen LogP) is 2.44. The summed E-state index contributed by atoms with van der Waals surface area (Å²) < 4.78 is 26.6. The molecule has 0 radical (unpaired) electrons. The zero-order chi connectivity index (χ0) is 15.9. The number of amides is 1. The molecule has 118 valence electrons. The molecule has 6 heteroatoms. The van der Waals surface area contributed by atoms with E-state index in [1.165, 1.54) is 12.1 Å². The van der Waals surface area contributed by atoms with Gasteiger partial charge in [-0.05, 0) is 43.2 Å². The zero-order valence-corrected chi connectivity index (χ0v) is 11.9. The summed E-state index contributed by atoms with van der Waals surface area (Å²) in [5.74, 6) is -3.14. The lowest BCUT2D eigenvalue weighted by molar-refractivity contribution is -0.141. The quantitative estimate of drug-likeness (QED) is 0.898. The Bertz CT molecular complexity index is 619. The molecule has 1 aromatic rings. The van der Waals surface area contributed by atoms with E-state index in [1.54, 1.807) is 0 Å². The lowest BCUT2D eigenvalue weighted by Gasteiger charge is -2.12. The second-order valence-electron chi connectivity index (χ2n) is 6.17. The maximum Gasteiger partial charge on any atom is 0.306 e. The Kier molecular flexibility index (Phi) is 3.85. The van der Waals surface area contributed by atoms with E-state index in [0.29, 0.717) is 31.2 Å². The van der Waals surface area contributed by atoms with Crippen molar-refractivity contribution in [2.24, 2.45) is 11.8 Å². The fourth-order valence-corrected chi connectivity index (χ4v) is 3.28. The van der Waals surface area contributed by atoms with Crippen LogP contribution in [0.3, 0.4) is 0 Å². The first-order valence-corrected chi connectivity index (χ1v) is 7.44. The number of aliphatic carboxylic acids is 1. The summed E-state index contributed by atoms with van der Waals surface area (Å²) in [5, 5.41) is 11.8. The summed E-state index contributed by atoms with van der Waals surface area (Å²) in [7, 11) is 0. The van der Waals surface area contributed by atoms with E-state index in [4.69, 9.17) is 5.11 Å². The maximum atomic E-state index is 13.7. The Labute approximate surface area is 126 Å². The first-order chi connectivity index (χ1) is 10.5. The number of carboxylic acids is 1. The Hall–Kier alpha value is -1.98. The van der Waals surface area contributed by atoms with Crippen LogP contribution in [0.4, 0.5) is 8.78 Å². The van der Waals surface area contributed by atoms with Crippen LogP contribution in [0.2, 0.25) is 0 Å². The fourth-order valence-electron chi connectivity index (χ4n) is 3.28. The SMILES string of the molecule is O=C(N[C@H]1CC[C@@H](C(=O)O)C1)C1CC1c1ccc(F)cc1F. The number of carbonyl (C=O) groups is 2. The average molecular weight is 309 g/mol. The van der Waals surface area contributed by atoms with Crippen molar-refractivity contribution in [3.8, 4) is 0 Å². The van der Waals surface area contributed by atoms with E-state index >= 15 is 0 Å². The molecule has 22 heavy (non-hydrogen) atoms. The van der Waals surface area contributed by atoms with Crippen LogP contribution < -0.4 is 5.32 Å². The number of nitrogens with one attached hydrogen (secondary N) is 1. The molecular weight excluding hydrogens is 292 g/mol. The molecule has 3 rings (SSSR count). The van der Waals surface area contributed by atoms with Gasteiger partial charge >= 0.3 is 5.97 Å². The number of carbonyl (C=O) groups excluding carboxylic acids is 1. The smallest absolute Gasteiger partial charge is 0.306 e. The van der Waals surface area contributed by atoms with Crippen molar-refractivity contribution < 1.29 is 23.5 Å². The van der Waals surface area contributed by atoms with Crippen molar-refractivity contribution in [1.82, 2.24) is 5.32 Å². The van der Waals surface area contributed by atoms with Gasteiger partial charge in [-0.1, -0.05) is 6.07 Å². The minimum Gasteiger partial charge on any atom is -0.481 e. The first-order valence-electron chi connectivity index (χ1n) is 7.44. The van der Waals surface area contributed by atoms with Gasteiger partial charge in [0.05, 0.1) is 5.92 Å². The van der Waals surface area contributed by atoms with E-state index in [-0.39, 0.29) is 23.8 Å². The highest BCUT2D eigenvalue weighted by Gasteiger charge is 2.46.